The van der Waals surface area contributed by atoms with Gasteiger partial charge in [-0.3, -0.25) is 4.79 Å². The minimum Gasteiger partial charge on any atom is -0.466 e. The number of carbonyl (C=O) groups is 1. The van der Waals surface area contributed by atoms with Crippen LogP contribution >= 0.6 is 11.3 Å². The Hall–Kier alpha value is -1.10. The van der Waals surface area contributed by atoms with Crippen molar-refractivity contribution in [2.45, 2.75) is 46.1 Å². The summed E-state index contributed by atoms with van der Waals surface area (Å²) < 4.78 is 4.92. The van der Waals surface area contributed by atoms with E-state index < -0.39 is 0 Å². The van der Waals surface area contributed by atoms with Gasteiger partial charge in [0.15, 0.2) is 5.13 Å². The van der Waals surface area contributed by atoms with E-state index in [9.17, 15) is 4.79 Å². The Balaban J connectivity index is 2.65. The van der Waals surface area contributed by atoms with Gasteiger partial charge in [-0.2, -0.15) is 0 Å². The van der Waals surface area contributed by atoms with Crippen LogP contribution in [0.25, 0.3) is 0 Å². The first-order valence-electron chi connectivity index (χ1n) is 6.45. The molecule has 102 valence electrons. The number of thiazole rings is 1. The van der Waals surface area contributed by atoms with E-state index in [2.05, 4.69) is 30.8 Å². The summed E-state index contributed by atoms with van der Waals surface area (Å²) in [5, 5.41) is 2.91. The van der Waals surface area contributed by atoms with Crippen LogP contribution < -0.4 is 4.90 Å². The molecule has 0 aromatic carbocycles. The van der Waals surface area contributed by atoms with Crippen LogP contribution in [0.5, 0.6) is 0 Å². The number of hydrogen-bond donors (Lipinski definition) is 0. The average Bonchev–Trinajstić information content (AvgIpc) is 2.79. The van der Waals surface area contributed by atoms with Crippen LogP contribution in [0.2, 0.25) is 0 Å². The molecule has 1 rings (SSSR count). The number of anilines is 1. The van der Waals surface area contributed by atoms with E-state index in [0.29, 0.717) is 12.6 Å². The van der Waals surface area contributed by atoms with E-state index in [0.717, 1.165) is 23.7 Å². The van der Waals surface area contributed by atoms with Crippen molar-refractivity contribution in [1.29, 1.82) is 0 Å². The monoisotopic (exact) mass is 270 g/mol. The largest absolute Gasteiger partial charge is 0.466 e. The molecule has 0 bridgehead atoms. The minimum atomic E-state index is -0.209. The van der Waals surface area contributed by atoms with Crippen LogP contribution in [-0.2, 0) is 16.0 Å². The second kappa shape index (κ2) is 7.36. The molecule has 0 aliphatic rings. The van der Waals surface area contributed by atoms with Gasteiger partial charge in [-0.1, -0.05) is 13.8 Å². The summed E-state index contributed by atoms with van der Waals surface area (Å²) in [4.78, 5) is 18.1. The number of carbonyl (C=O) groups excluding carboxylic acids is 1. The van der Waals surface area contributed by atoms with Crippen molar-refractivity contribution in [1.82, 2.24) is 4.98 Å². The molecular formula is C13H22N2O2S. The van der Waals surface area contributed by atoms with Gasteiger partial charge in [-0.05, 0) is 19.8 Å². The fourth-order valence-corrected chi connectivity index (χ4v) is 2.75. The third kappa shape index (κ3) is 3.98. The fraction of sp³-hybridized carbons (Fsp3) is 0.692. The van der Waals surface area contributed by atoms with Gasteiger partial charge in [0.1, 0.15) is 0 Å². The predicted octanol–water partition coefficient (Wildman–Crippen LogP) is 2.87. The fourth-order valence-electron chi connectivity index (χ4n) is 1.89. The molecule has 18 heavy (non-hydrogen) atoms. The van der Waals surface area contributed by atoms with E-state index in [-0.39, 0.29) is 12.4 Å². The Labute approximate surface area is 113 Å². The molecule has 0 fully saturated rings. The summed E-state index contributed by atoms with van der Waals surface area (Å²) in [6.07, 6.45) is 2.46. The average molecular weight is 270 g/mol. The topological polar surface area (TPSA) is 42.4 Å². The van der Waals surface area contributed by atoms with Crippen LogP contribution in [0, 0.1) is 0 Å². The number of hydrogen-bond acceptors (Lipinski definition) is 5. The van der Waals surface area contributed by atoms with Crippen molar-refractivity contribution >= 4 is 22.4 Å². The third-order valence-corrected chi connectivity index (χ3v) is 3.94. The molecule has 1 heterocycles. The molecule has 0 radical (unpaired) electrons. The highest BCUT2D eigenvalue weighted by molar-refractivity contribution is 7.13. The second-order valence-corrected chi connectivity index (χ2v) is 5.02. The van der Waals surface area contributed by atoms with Gasteiger partial charge in [0, 0.05) is 18.5 Å². The second-order valence-electron chi connectivity index (χ2n) is 4.18. The number of aromatic nitrogens is 1. The summed E-state index contributed by atoms with van der Waals surface area (Å²) in [5.41, 5.74) is 0.797. The zero-order valence-corrected chi connectivity index (χ0v) is 12.4. The number of rotatable bonds is 7. The summed E-state index contributed by atoms with van der Waals surface area (Å²) >= 11 is 1.58. The molecule has 0 aliphatic heterocycles. The Kier molecular flexibility index (Phi) is 6.12. The Morgan fingerprint density at radius 2 is 2.11 bits per heavy atom. The first-order valence-corrected chi connectivity index (χ1v) is 7.33. The minimum absolute atomic E-state index is 0.209. The Bertz CT molecular complexity index is 375. The van der Waals surface area contributed by atoms with Crippen molar-refractivity contribution in [2.75, 3.05) is 18.6 Å². The van der Waals surface area contributed by atoms with E-state index in [1.54, 1.807) is 11.3 Å². The SMILES string of the molecule is CCOC(=O)Cc1csc(N(C)C(CC)CC)n1. The Morgan fingerprint density at radius 1 is 1.44 bits per heavy atom. The first-order chi connectivity index (χ1) is 8.62. The summed E-state index contributed by atoms with van der Waals surface area (Å²) in [6.45, 7) is 6.59. The lowest BCUT2D eigenvalue weighted by molar-refractivity contribution is -0.142. The molecule has 0 amide bonds. The molecule has 0 saturated carbocycles. The van der Waals surface area contributed by atoms with Gasteiger partial charge >= 0.3 is 5.97 Å². The molecule has 0 N–H and O–H groups in total. The van der Waals surface area contributed by atoms with Gasteiger partial charge in [0.2, 0.25) is 0 Å². The molecule has 1 aromatic rings. The highest BCUT2D eigenvalue weighted by Crippen LogP contribution is 2.23. The maximum absolute atomic E-state index is 11.4. The predicted molar refractivity (Wildman–Crippen MR) is 75.2 cm³/mol. The molecule has 4 nitrogen and oxygen atoms in total. The summed E-state index contributed by atoms with van der Waals surface area (Å²) in [5.74, 6) is -0.209. The lowest BCUT2D eigenvalue weighted by Gasteiger charge is -2.25. The molecule has 0 spiro atoms. The van der Waals surface area contributed by atoms with E-state index in [1.165, 1.54) is 0 Å². The van der Waals surface area contributed by atoms with Crippen molar-refractivity contribution in [3.63, 3.8) is 0 Å². The normalized spacial score (nSPS) is 10.7. The van der Waals surface area contributed by atoms with Crippen molar-refractivity contribution < 1.29 is 9.53 Å². The zero-order valence-electron chi connectivity index (χ0n) is 11.6. The van der Waals surface area contributed by atoms with Crippen molar-refractivity contribution in [2.24, 2.45) is 0 Å². The highest BCUT2D eigenvalue weighted by atomic mass is 32.1. The lowest BCUT2D eigenvalue weighted by atomic mass is 10.1. The highest BCUT2D eigenvalue weighted by Gasteiger charge is 2.15. The van der Waals surface area contributed by atoms with Crippen LogP contribution in [0.4, 0.5) is 5.13 Å². The Morgan fingerprint density at radius 3 is 2.67 bits per heavy atom. The number of ether oxygens (including phenoxy) is 1. The van der Waals surface area contributed by atoms with Gasteiger partial charge in [0.25, 0.3) is 0 Å². The molecule has 0 unspecified atom stereocenters. The van der Waals surface area contributed by atoms with Gasteiger partial charge in [-0.25, -0.2) is 4.98 Å². The molecule has 0 saturated heterocycles. The van der Waals surface area contributed by atoms with Gasteiger partial charge in [0.05, 0.1) is 18.7 Å². The molecular weight excluding hydrogens is 248 g/mol. The van der Waals surface area contributed by atoms with E-state index in [4.69, 9.17) is 4.74 Å². The molecule has 5 heteroatoms. The van der Waals surface area contributed by atoms with Crippen LogP contribution in [0.15, 0.2) is 5.38 Å². The smallest absolute Gasteiger partial charge is 0.311 e. The van der Waals surface area contributed by atoms with Crippen LogP contribution in [0.3, 0.4) is 0 Å². The standard InChI is InChI=1S/C13H22N2O2S/c1-5-11(6-2)15(4)13-14-10(9-18-13)8-12(16)17-7-3/h9,11H,5-8H2,1-4H3. The first kappa shape index (κ1) is 15.0. The quantitative estimate of drug-likeness (QED) is 0.715. The summed E-state index contributed by atoms with van der Waals surface area (Å²) in [6, 6.07) is 0.506. The molecule has 0 aliphatic carbocycles. The summed E-state index contributed by atoms with van der Waals surface area (Å²) in [7, 11) is 2.06. The zero-order chi connectivity index (χ0) is 13.5. The van der Waals surface area contributed by atoms with Crippen molar-refractivity contribution in [3.8, 4) is 0 Å². The van der Waals surface area contributed by atoms with Crippen LogP contribution in [-0.4, -0.2) is 30.6 Å². The maximum atomic E-state index is 11.4. The van der Waals surface area contributed by atoms with E-state index >= 15 is 0 Å². The van der Waals surface area contributed by atoms with Gasteiger partial charge < -0.3 is 9.64 Å². The lowest BCUT2D eigenvalue weighted by Crippen LogP contribution is -2.30. The van der Waals surface area contributed by atoms with Gasteiger partial charge in [-0.15, -0.1) is 11.3 Å². The number of nitrogens with zero attached hydrogens (tertiary/aromatic N) is 2. The van der Waals surface area contributed by atoms with Crippen molar-refractivity contribution in [3.05, 3.63) is 11.1 Å². The number of esters is 1. The molecule has 1 aromatic heterocycles. The maximum Gasteiger partial charge on any atom is 0.311 e. The molecule has 0 atom stereocenters. The van der Waals surface area contributed by atoms with E-state index in [1.807, 2.05) is 12.3 Å². The third-order valence-electron chi connectivity index (χ3n) is 2.96. The van der Waals surface area contributed by atoms with Crippen LogP contribution in [0.1, 0.15) is 39.3 Å².